The van der Waals surface area contributed by atoms with Crippen LogP contribution < -0.4 is 0 Å². The summed E-state index contributed by atoms with van der Waals surface area (Å²) < 4.78 is 11.4. The Bertz CT molecular complexity index is 179. The number of allylic oxidation sites excluding steroid dienone is 2. The molecule has 0 spiro atoms. The van der Waals surface area contributed by atoms with Crippen LogP contribution in [0.2, 0.25) is 0 Å². The van der Waals surface area contributed by atoms with E-state index in [4.69, 9.17) is 0 Å². The second-order valence-corrected chi connectivity index (χ2v) is 4.76. The Balaban J connectivity index is 2.58. The molecule has 0 fully saturated rings. The van der Waals surface area contributed by atoms with E-state index in [1.54, 1.807) is 0 Å². The zero-order chi connectivity index (χ0) is 7.56. The summed E-state index contributed by atoms with van der Waals surface area (Å²) >= 11 is 0. The number of hydrogen-bond donors (Lipinski definition) is 0. The maximum Gasteiger partial charge on any atom is 0.0716 e. The van der Waals surface area contributed by atoms with Crippen LogP contribution >= 0.6 is 0 Å². The van der Waals surface area contributed by atoms with Gasteiger partial charge in [-0.05, 0) is 0 Å². The molecule has 1 nitrogen and oxygen atoms in total. The molecule has 1 unspecified atom stereocenters. The summed E-state index contributed by atoms with van der Waals surface area (Å²) in [5.41, 5.74) is 0. The summed E-state index contributed by atoms with van der Waals surface area (Å²) in [6, 6.07) is 0. The molecule has 0 radical (unpaired) electrons. The van der Waals surface area contributed by atoms with Gasteiger partial charge in [-0.25, -0.2) is 0 Å². The lowest BCUT2D eigenvalue weighted by Crippen LogP contribution is -2.16. The van der Waals surface area contributed by atoms with Crippen molar-refractivity contribution in [1.82, 2.24) is 0 Å². The van der Waals surface area contributed by atoms with Gasteiger partial charge >= 0.3 is 0 Å². The lowest BCUT2D eigenvalue weighted by Gasteiger charge is -2.07. The molecular weight excluding hydrogens is 144 g/mol. The van der Waals surface area contributed by atoms with Gasteiger partial charge in [-0.3, -0.25) is 4.21 Å². The van der Waals surface area contributed by atoms with Crippen LogP contribution in [0.4, 0.5) is 0 Å². The molecule has 1 atom stereocenters. The maximum absolute atomic E-state index is 11.4. The zero-order valence-corrected chi connectivity index (χ0v) is 7.10. The maximum atomic E-state index is 11.4. The molecule has 1 rings (SSSR count). The lowest BCUT2D eigenvalue weighted by molar-refractivity contribution is 0.675. The molecule has 0 aliphatic heterocycles. The molecule has 0 saturated carbocycles. The van der Waals surface area contributed by atoms with Gasteiger partial charge in [0.25, 0.3) is 0 Å². The van der Waals surface area contributed by atoms with E-state index in [0.717, 1.165) is 0 Å². The molecule has 1 aliphatic rings. The summed E-state index contributed by atoms with van der Waals surface area (Å²) in [5.74, 6) is 0. The van der Waals surface area contributed by atoms with Crippen molar-refractivity contribution in [1.29, 1.82) is 0 Å². The van der Waals surface area contributed by atoms with Crippen LogP contribution in [0.25, 0.3) is 0 Å². The molecule has 0 N–H and O–H groups in total. The van der Waals surface area contributed by atoms with Crippen molar-refractivity contribution in [2.45, 2.75) is 24.3 Å². The Hall–Kier alpha value is -0.370. The monoisotopic (exact) mass is 156 g/mol. The molecule has 1 aliphatic carbocycles. The topological polar surface area (TPSA) is 17.1 Å². The van der Waals surface area contributed by atoms with Gasteiger partial charge in [0.1, 0.15) is 0 Å². The average Bonchev–Trinajstić information content (AvgIpc) is 2.36. The van der Waals surface area contributed by atoms with Crippen LogP contribution in [0.1, 0.15) is 13.8 Å². The molecule has 0 heterocycles. The van der Waals surface area contributed by atoms with E-state index >= 15 is 0 Å². The van der Waals surface area contributed by atoms with Crippen LogP contribution in [-0.2, 0) is 10.8 Å². The van der Waals surface area contributed by atoms with Crippen molar-refractivity contribution in [3.63, 3.8) is 0 Å². The standard InChI is InChI=1S/C8H12OS/c1-7(2)10(9)8-5-3-4-6-8/h3-8H,1-2H3. The van der Waals surface area contributed by atoms with E-state index in [0.29, 0.717) is 0 Å². The largest absolute Gasteiger partial charge is 0.258 e. The third kappa shape index (κ3) is 1.57. The second kappa shape index (κ2) is 3.15. The highest BCUT2D eigenvalue weighted by molar-refractivity contribution is 7.86. The van der Waals surface area contributed by atoms with Crippen molar-refractivity contribution >= 4 is 10.8 Å². The van der Waals surface area contributed by atoms with Crippen LogP contribution in [0.15, 0.2) is 24.3 Å². The molecule has 0 aromatic carbocycles. The quantitative estimate of drug-likeness (QED) is 0.594. The Labute approximate surface area is 64.3 Å². The summed E-state index contributed by atoms with van der Waals surface area (Å²) in [5, 5.41) is 0.428. The van der Waals surface area contributed by atoms with Crippen molar-refractivity contribution < 1.29 is 4.21 Å². The SMILES string of the molecule is CC(C)S(=O)C1C=CC=C1. The first-order valence-electron chi connectivity index (χ1n) is 3.46. The zero-order valence-electron chi connectivity index (χ0n) is 6.28. The van der Waals surface area contributed by atoms with Gasteiger partial charge in [0, 0.05) is 16.0 Å². The van der Waals surface area contributed by atoms with Crippen LogP contribution in [0.5, 0.6) is 0 Å². The molecule has 0 saturated heterocycles. The predicted molar refractivity (Wildman–Crippen MR) is 45.3 cm³/mol. The van der Waals surface area contributed by atoms with E-state index in [9.17, 15) is 4.21 Å². The lowest BCUT2D eigenvalue weighted by atomic mass is 10.5. The Morgan fingerprint density at radius 3 is 2.20 bits per heavy atom. The Morgan fingerprint density at radius 1 is 1.30 bits per heavy atom. The molecule has 10 heavy (non-hydrogen) atoms. The van der Waals surface area contributed by atoms with Crippen molar-refractivity contribution in [3.8, 4) is 0 Å². The van der Waals surface area contributed by atoms with E-state index in [1.807, 2.05) is 38.2 Å². The number of hydrogen-bond acceptors (Lipinski definition) is 1. The van der Waals surface area contributed by atoms with E-state index in [2.05, 4.69) is 0 Å². The third-order valence-corrected chi connectivity index (χ3v) is 3.23. The molecule has 0 amide bonds. The van der Waals surface area contributed by atoms with Crippen LogP contribution in [0.3, 0.4) is 0 Å². The van der Waals surface area contributed by atoms with Gasteiger partial charge in [-0.2, -0.15) is 0 Å². The fourth-order valence-corrected chi connectivity index (χ4v) is 2.00. The molecule has 0 aromatic heterocycles. The van der Waals surface area contributed by atoms with Gasteiger partial charge in [0.2, 0.25) is 0 Å². The van der Waals surface area contributed by atoms with Gasteiger partial charge in [0.05, 0.1) is 5.25 Å². The molecule has 0 aromatic rings. The highest BCUT2D eigenvalue weighted by Crippen LogP contribution is 2.11. The first-order valence-corrected chi connectivity index (χ1v) is 4.74. The number of rotatable bonds is 2. The molecule has 2 heteroatoms. The fraction of sp³-hybridized carbons (Fsp3) is 0.500. The normalized spacial score (nSPS) is 20.7. The van der Waals surface area contributed by atoms with Gasteiger partial charge < -0.3 is 0 Å². The van der Waals surface area contributed by atoms with E-state index in [1.165, 1.54) is 0 Å². The van der Waals surface area contributed by atoms with Crippen LogP contribution in [0, 0.1) is 0 Å². The average molecular weight is 156 g/mol. The first kappa shape index (κ1) is 7.73. The minimum absolute atomic E-state index is 0.167. The van der Waals surface area contributed by atoms with Crippen molar-refractivity contribution in [2.24, 2.45) is 0 Å². The smallest absolute Gasteiger partial charge is 0.0716 e. The van der Waals surface area contributed by atoms with Gasteiger partial charge in [-0.15, -0.1) is 0 Å². The predicted octanol–water partition coefficient (Wildman–Crippen LogP) is 1.64. The van der Waals surface area contributed by atoms with Gasteiger partial charge in [0.15, 0.2) is 0 Å². The highest BCUT2D eigenvalue weighted by Gasteiger charge is 2.14. The molecular formula is C8H12OS. The van der Waals surface area contributed by atoms with Crippen molar-refractivity contribution in [2.75, 3.05) is 0 Å². The third-order valence-electron chi connectivity index (χ3n) is 1.45. The summed E-state index contributed by atoms with van der Waals surface area (Å²) in [4.78, 5) is 0. The fourth-order valence-electron chi connectivity index (χ4n) is 0.881. The Kier molecular flexibility index (Phi) is 2.44. The Morgan fingerprint density at radius 2 is 1.80 bits per heavy atom. The van der Waals surface area contributed by atoms with Gasteiger partial charge in [-0.1, -0.05) is 38.2 Å². The van der Waals surface area contributed by atoms with E-state index < -0.39 is 10.8 Å². The minimum atomic E-state index is -0.721. The van der Waals surface area contributed by atoms with Crippen LogP contribution in [-0.4, -0.2) is 14.7 Å². The molecule has 0 bridgehead atoms. The highest BCUT2D eigenvalue weighted by atomic mass is 32.2. The van der Waals surface area contributed by atoms with Crippen molar-refractivity contribution in [3.05, 3.63) is 24.3 Å². The van der Waals surface area contributed by atoms with E-state index in [-0.39, 0.29) is 10.5 Å². The first-order chi connectivity index (χ1) is 4.72. The summed E-state index contributed by atoms with van der Waals surface area (Å²) in [6.07, 6.45) is 7.86. The summed E-state index contributed by atoms with van der Waals surface area (Å²) in [7, 11) is -0.721. The molecule has 56 valence electrons. The second-order valence-electron chi connectivity index (χ2n) is 2.61. The summed E-state index contributed by atoms with van der Waals surface area (Å²) in [6.45, 7) is 3.96. The minimum Gasteiger partial charge on any atom is -0.258 e.